The van der Waals surface area contributed by atoms with E-state index >= 15 is 0 Å². The zero-order valence-corrected chi connectivity index (χ0v) is 10.9. The second-order valence-corrected chi connectivity index (χ2v) is 4.11. The molecule has 18 heavy (non-hydrogen) atoms. The van der Waals surface area contributed by atoms with Gasteiger partial charge in [0.05, 0.1) is 11.9 Å². The number of aryl methyl sites for hydroxylation is 1. The van der Waals surface area contributed by atoms with Gasteiger partial charge in [0, 0.05) is 24.5 Å². The van der Waals surface area contributed by atoms with Gasteiger partial charge in [0.1, 0.15) is 17.3 Å². The average Bonchev–Trinajstić information content (AvgIpc) is 2.40. The molecule has 0 spiro atoms. The zero-order valence-electron chi connectivity index (χ0n) is 10.9. The Morgan fingerprint density at radius 1 is 1.17 bits per heavy atom. The topological polar surface area (TPSA) is 63.6 Å². The lowest BCUT2D eigenvalue weighted by Crippen LogP contribution is -2.08. The molecule has 0 atom stereocenters. The molecule has 94 valence electrons. The summed E-state index contributed by atoms with van der Waals surface area (Å²) in [6, 6.07) is 0. The van der Waals surface area contributed by atoms with Crippen LogP contribution in [-0.4, -0.2) is 26.5 Å². The maximum atomic E-state index is 4.46. The average molecular weight is 243 g/mol. The molecule has 0 saturated carbocycles. The van der Waals surface area contributed by atoms with E-state index in [0.717, 1.165) is 41.6 Å². The molecule has 0 aliphatic heterocycles. The monoisotopic (exact) mass is 243 g/mol. The fourth-order valence-corrected chi connectivity index (χ4v) is 1.71. The largest absolute Gasteiger partial charge is 0.370 e. The van der Waals surface area contributed by atoms with E-state index in [1.54, 1.807) is 18.6 Å². The van der Waals surface area contributed by atoms with Crippen molar-refractivity contribution in [2.75, 3.05) is 11.9 Å². The first-order chi connectivity index (χ1) is 8.72. The maximum Gasteiger partial charge on any atom is 0.133 e. The fraction of sp³-hybridized carbons (Fsp3) is 0.385. The summed E-state index contributed by atoms with van der Waals surface area (Å²) in [4.78, 5) is 17.3. The van der Waals surface area contributed by atoms with Crippen LogP contribution in [0.25, 0.3) is 11.4 Å². The number of hydrogen-bond acceptors (Lipinski definition) is 5. The SMILES string of the molecule is CCCNc1nc(C)nc(-c2cnccn2)c1C. The van der Waals surface area contributed by atoms with Crippen molar-refractivity contribution in [3.8, 4) is 11.4 Å². The molecule has 0 aliphatic rings. The Kier molecular flexibility index (Phi) is 3.82. The molecule has 0 fully saturated rings. The molecule has 0 bridgehead atoms. The van der Waals surface area contributed by atoms with Crippen molar-refractivity contribution in [3.05, 3.63) is 30.0 Å². The van der Waals surface area contributed by atoms with Gasteiger partial charge >= 0.3 is 0 Å². The number of rotatable bonds is 4. The van der Waals surface area contributed by atoms with E-state index in [0.29, 0.717) is 0 Å². The summed E-state index contributed by atoms with van der Waals surface area (Å²) in [5.41, 5.74) is 2.63. The van der Waals surface area contributed by atoms with Gasteiger partial charge in [-0.3, -0.25) is 9.97 Å². The minimum atomic E-state index is 0.736. The third-order valence-electron chi connectivity index (χ3n) is 2.61. The van der Waals surface area contributed by atoms with Gasteiger partial charge in [0.15, 0.2) is 0 Å². The Bertz CT molecular complexity index is 524. The summed E-state index contributed by atoms with van der Waals surface area (Å²) in [5.74, 6) is 1.62. The predicted octanol–water partition coefficient (Wildman–Crippen LogP) is 2.37. The van der Waals surface area contributed by atoms with Gasteiger partial charge in [-0.15, -0.1) is 0 Å². The van der Waals surface area contributed by atoms with E-state index in [-0.39, 0.29) is 0 Å². The highest BCUT2D eigenvalue weighted by molar-refractivity contribution is 5.64. The van der Waals surface area contributed by atoms with Crippen LogP contribution in [-0.2, 0) is 0 Å². The number of nitrogens with one attached hydrogen (secondary N) is 1. The lowest BCUT2D eigenvalue weighted by atomic mass is 10.2. The van der Waals surface area contributed by atoms with E-state index in [9.17, 15) is 0 Å². The fourth-order valence-electron chi connectivity index (χ4n) is 1.71. The van der Waals surface area contributed by atoms with Crippen molar-refractivity contribution in [1.29, 1.82) is 0 Å². The van der Waals surface area contributed by atoms with Gasteiger partial charge in [-0.1, -0.05) is 6.92 Å². The zero-order chi connectivity index (χ0) is 13.0. The first-order valence-electron chi connectivity index (χ1n) is 6.08. The van der Waals surface area contributed by atoms with E-state index in [2.05, 4.69) is 32.2 Å². The minimum Gasteiger partial charge on any atom is -0.370 e. The summed E-state index contributed by atoms with van der Waals surface area (Å²) < 4.78 is 0. The molecule has 0 amide bonds. The summed E-state index contributed by atoms with van der Waals surface area (Å²) in [7, 11) is 0. The normalized spacial score (nSPS) is 10.4. The number of anilines is 1. The lowest BCUT2D eigenvalue weighted by Gasteiger charge is -2.11. The summed E-state index contributed by atoms with van der Waals surface area (Å²) in [6.45, 7) is 6.91. The molecule has 0 saturated heterocycles. The molecule has 0 unspecified atom stereocenters. The molecule has 2 rings (SSSR count). The van der Waals surface area contributed by atoms with Gasteiger partial charge in [-0.25, -0.2) is 9.97 Å². The van der Waals surface area contributed by atoms with Gasteiger partial charge < -0.3 is 5.32 Å². The number of aromatic nitrogens is 4. The van der Waals surface area contributed by atoms with Crippen molar-refractivity contribution in [2.24, 2.45) is 0 Å². The number of nitrogens with zero attached hydrogens (tertiary/aromatic N) is 4. The third-order valence-corrected chi connectivity index (χ3v) is 2.61. The van der Waals surface area contributed by atoms with Gasteiger partial charge in [-0.2, -0.15) is 0 Å². The summed E-state index contributed by atoms with van der Waals surface area (Å²) in [6.07, 6.45) is 6.11. The van der Waals surface area contributed by atoms with Crippen molar-refractivity contribution < 1.29 is 0 Å². The lowest BCUT2D eigenvalue weighted by molar-refractivity contribution is 0.946. The molecule has 2 aromatic heterocycles. The van der Waals surface area contributed by atoms with Crippen LogP contribution < -0.4 is 5.32 Å². The van der Waals surface area contributed by atoms with Crippen LogP contribution >= 0.6 is 0 Å². The van der Waals surface area contributed by atoms with Crippen LogP contribution in [0.2, 0.25) is 0 Å². The van der Waals surface area contributed by atoms with Crippen LogP contribution in [0.5, 0.6) is 0 Å². The van der Waals surface area contributed by atoms with Crippen LogP contribution in [0.4, 0.5) is 5.82 Å². The Hall–Kier alpha value is -2.04. The first-order valence-corrected chi connectivity index (χ1v) is 6.08. The smallest absolute Gasteiger partial charge is 0.133 e. The van der Waals surface area contributed by atoms with Crippen molar-refractivity contribution in [2.45, 2.75) is 27.2 Å². The molecule has 1 N–H and O–H groups in total. The molecule has 0 aliphatic carbocycles. The van der Waals surface area contributed by atoms with E-state index < -0.39 is 0 Å². The molecule has 5 heteroatoms. The molecule has 2 heterocycles. The third kappa shape index (κ3) is 2.61. The molecule has 0 radical (unpaired) electrons. The van der Waals surface area contributed by atoms with Crippen LogP contribution in [0.1, 0.15) is 24.7 Å². The molecule has 2 aromatic rings. The highest BCUT2D eigenvalue weighted by Gasteiger charge is 2.11. The second kappa shape index (κ2) is 5.53. The molecular formula is C13H17N5. The second-order valence-electron chi connectivity index (χ2n) is 4.11. The first kappa shape index (κ1) is 12.4. The number of hydrogen-bond donors (Lipinski definition) is 1. The Labute approximate surface area is 107 Å². The molecule has 0 aromatic carbocycles. The summed E-state index contributed by atoms with van der Waals surface area (Å²) in [5, 5.41) is 3.31. The highest BCUT2D eigenvalue weighted by atomic mass is 15.0. The van der Waals surface area contributed by atoms with Crippen molar-refractivity contribution >= 4 is 5.82 Å². The summed E-state index contributed by atoms with van der Waals surface area (Å²) >= 11 is 0. The highest BCUT2D eigenvalue weighted by Crippen LogP contribution is 2.23. The Balaban J connectivity index is 2.45. The van der Waals surface area contributed by atoms with Crippen molar-refractivity contribution in [3.63, 3.8) is 0 Å². The van der Waals surface area contributed by atoms with Gasteiger partial charge in [-0.05, 0) is 20.3 Å². The van der Waals surface area contributed by atoms with E-state index in [1.807, 2.05) is 13.8 Å². The Morgan fingerprint density at radius 2 is 2.00 bits per heavy atom. The van der Waals surface area contributed by atoms with Crippen LogP contribution in [0.3, 0.4) is 0 Å². The van der Waals surface area contributed by atoms with Crippen LogP contribution in [0, 0.1) is 13.8 Å². The molecular weight excluding hydrogens is 226 g/mol. The minimum absolute atomic E-state index is 0.736. The maximum absolute atomic E-state index is 4.46. The van der Waals surface area contributed by atoms with Crippen molar-refractivity contribution in [1.82, 2.24) is 19.9 Å². The van der Waals surface area contributed by atoms with Crippen LogP contribution in [0.15, 0.2) is 18.6 Å². The predicted molar refractivity (Wildman–Crippen MR) is 71.3 cm³/mol. The standard InChI is InChI=1S/C13H17N5/c1-4-5-16-13-9(2)12(17-10(3)18-13)11-8-14-6-7-15-11/h6-8H,4-5H2,1-3H3,(H,16,17,18). The Morgan fingerprint density at radius 3 is 2.67 bits per heavy atom. The van der Waals surface area contributed by atoms with Gasteiger partial charge in [0.2, 0.25) is 0 Å². The van der Waals surface area contributed by atoms with Gasteiger partial charge in [0.25, 0.3) is 0 Å². The van der Waals surface area contributed by atoms with E-state index in [1.165, 1.54) is 0 Å². The quantitative estimate of drug-likeness (QED) is 0.893. The van der Waals surface area contributed by atoms with E-state index in [4.69, 9.17) is 0 Å². The molecule has 5 nitrogen and oxygen atoms in total.